The van der Waals surface area contributed by atoms with Crippen LogP contribution in [-0.4, -0.2) is 22.2 Å². The first-order valence-electron chi connectivity index (χ1n) is 5.08. The van der Waals surface area contributed by atoms with Crippen LogP contribution in [0.25, 0.3) is 0 Å². The van der Waals surface area contributed by atoms with Crippen LogP contribution in [0.15, 0.2) is 10.6 Å². The number of oxazole rings is 1. The average Bonchev–Trinajstić information content (AvgIpc) is 2.72. The van der Waals surface area contributed by atoms with E-state index in [9.17, 15) is 5.11 Å². The van der Waals surface area contributed by atoms with Crippen molar-refractivity contribution < 1.29 is 9.52 Å². The maximum Gasteiger partial charge on any atom is 0.208 e. The van der Waals surface area contributed by atoms with E-state index in [-0.39, 0.29) is 12.1 Å². The third-order valence-electron chi connectivity index (χ3n) is 2.66. The van der Waals surface area contributed by atoms with Crippen LogP contribution in [0.1, 0.15) is 30.9 Å². The summed E-state index contributed by atoms with van der Waals surface area (Å²) in [5, 5.41) is 12.8. The molecule has 0 aliphatic heterocycles. The standard InChI is InChI=1S/C10H16N2O2/c1-7-5-12-10(14-7)6-11-8-3-2-4-9(8)13/h5,8-9,11,13H,2-4,6H2,1H3/t8-,9-/m0/s1. The molecule has 2 rings (SSSR count). The summed E-state index contributed by atoms with van der Waals surface area (Å²) in [4.78, 5) is 4.09. The molecule has 2 atom stereocenters. The second-order valence-electron chi connectivity index (χ2n) is 3.85. The number of rotatable bonds is 3. The summed E-state index contributed by atoms with van der Waals surface area (Å²) in [6.07, 6.45) is 4.56. The summed E-state index contributed by atoms with van der Waals surface area (Å²) in [7, 11) is 0. The first-order valence-corrected chi connectivity index (χ1v) is 5.08. The minimum Gasteiger partial charge on any atom is -0.445 e. The van der Waals surface area contributed by atoms with Crippen molar-refractivity contribution in [2.75, 3.05) is 0 Å². The van der Waals surface area contributed by atoms with Crippen LogP contribution in [0.3, 0.4) is 0 Å². The first kappa shape index (κ1) is 9.68. The molecule has 4 heteroatoms. The van der Waals surface area contributed by atoms with Crippen LogP contribution in [0.2, 0.25) is 0 Å². The molecule has 4 nitrogen and oxygen atoms in total. The van der Waals surface area contributed by atoms with Crippen LogP contribution in [-0.2, 0) is 6.54 Å². The highest BCUT2D eigenvalue weighted by molar-refractivity contribution is 4.91. The molecule has 14 heavy (non-hydrogen) atoms. The largest absolute Gasteiger partial charge is 0.445 e. The molecule has 2 N–H and O–H groups in total. The van der Waals surface area contributed by atoms with Gasteiger partial charge < -0.3 is 14.8 Å². The number of hydrogen-bond donors (Lipinski definition) is 2. The van der Waals surface area contributed by atoms with Gasteiger partial charge in [0.15, 0.2) is 0 Å². The molecule has 0 unspecified atom stereocenters. The van der Waals surface area contributed by atoms with E-state index >= 15 is 0 Å². The molecule has 1 aromatic rings. The quantitative estimate of drug-likeness (QED) is 0.756. The normalized spacial score (nSPS) is 27.0. The smallest absolute Gasteiger partial charge is 0.208 e. The average molecular weight is 196 g/mol. The van der Waals surface area contributed by atoms with Gasteiger partial charge in [0.05, 0.1) is 18.8 Å². The highest BCUT2D eigenvalue weighted by Gasteiger charge is 2.24. The zero-order chi connectivity index (χ0) is 9.97. The van der Waals surface area contributed by atoms with E-state index < -0.39 is 0 Å². The lowest BCUT2D eigenvalue weighted by molar-refractivity contribution is 0.147. The van der Waals surface area contributed by atoms with Crippen molar-refractivity contribution in [2.24, 2.45) is 0 Å². The minimum atomic E-state index is -0.203. The number of nitrogens with zero attached hydrogens (tertiary/aromatic N) is 1. The summed E-state index contributed by atoms with van der Waals surface area (Å²) in [5.41, 5.74) is 0. The van der Waals surface area contributed by atoms with Gasteiger partial charge in [-0.05, 0) is 26.2 Å². The fourth-order valence-electron chi connectivity index (χ4n) is 1.88. The van der Waals surface area contributed by atoms with E-state index in [4.69, 9.17) is 4.42 Å². The maximum atomic E-state index is 9.56. The molecule has 1 aliphatic rings. The topological polar surface area (TPSA) is 58.3 Å². The van der Waals surface area contributed by atoms with E-state index in [1.807, 2.05) is 6.92 Å². The van der Waals surface area contributed by atoms with Gasteiger partial charge in [-0.15, -0.1) is 0 Å². The predicted molar refractivity (Wildman–Crippen MR) is 51.7 cm³/mol. The Hall–Kier alpha value is -0.870. The molecule has 1 fully saturated rings. The van der Waals surface area contributed by atoms with Crippen LogP contribution in [0, 0.1) is 6.92 Å². The third kappa shape index (κ3) is 2.13. The fraction of sp³-hybridized carbons (Fsp3) is 0.700. The van der Waals surface area contributed by atoms with E-state index in [0.29, 0.717) is 12.4 Å². The van der Waals surface area contributed by atoms with E-state index in [0.717, 1.165) is 25.0 Å². The van der Waals surface area contributed by atoms with Gasteiger partial charge in [-0.2, -0.15) is 0 Å². The van der Waals surface area contributed by atoms with Crippen molar-refractivity contribution in [3.63, 3.8) is 0 Å². The Kier molecular flexibility index (Phi) is 2.84. The highest BCUT2D eigenvalue weighted by atomic mass is 16.4. The first-order chi connectivity index (χ1) is 6.75. The predicted octanol–water partition coefficient (Wildman–Crippen LogP) is 0.986. The molecular weight excluding hydrogens is 180 g/mol. The maximum absolute atomic E-state index is 9.56. The molecule has 0 amide bonds. The fourth-order valence-corrected chi connectivity index (χ4v) is 1.88. The Morgan fingerprint density at radius 2 is 2.50 bits per heavy atom. The second-order valence-corrected chi connectivity index (χ2v) is 3.85. The van der Waals surface area contributed by atoms with Gasteiger partial charge in [-0.25, -0.2) is 4.98 Å². The lowest BCUT2D eigenvalue weighted by Gasteiger charge is -2.14. The number of aliphatic hydroxyl groups excluding tert-OH is 1. The van der Waals surface area contributed by atoms with E-state index in [2.05, 4.69) is 10.3 Å². The Labute approximate surface area is 83.3 Å². The van der Waals surface area contributed by atoms with Gasteiger partial charge in [-0.3, -0.25) is 0 Å². The molecule has 1 aromatic heterocycles. The van der Waals surface area contributed by atoms with Crippen molar-refractivity contribution in [1.29, 1.82) is 0 Å². The van der Waals surface area contributed by atoms with Gasteiger partial charge >= 0.3 is 0 Å². The molecule has 0 aromatic carbocycles. The van der Waals surface area contributed by atoms with Crippen molar-refractivity contribution >= 4 is 0 Å². The van der Waals surface area contributed by atoms with Crippen molar-refractivity contribution in [1.82, 2.24) is 10.3 Å². The number of aromatic nitrogens is 1. The third-order valence-corrected chi connectivity index (χ3v) is 2.66. The molecule has 0 spiro atoms. The zero-order valence-electron chi connectivity index (χ0n) is 8.36. The Bertz CT molecular complexity index is 298. The number of hydrogen-bond acceptors (Lipinski definition) is 4. The van der Waals surface area contributed by atoms with Crippen molar-refractivity contribution in [3.8, 4) is 0 Å². The number of aryl methyl sites for hydroxylation is 1. The van der Waals surface area contributed by atoms with Crippen molar-refractivity contribution in [2.45, 2.75) is 44.9 Å². The van der Waals surface area contributed by atoms with Gasteiger partial charge in [-0.1, -0.05) is 0 Å². The van der Waals surface area contributed by atoms with Crippen molar-refractivity contribution in [3.05, 3.63) is 17.8 Å². The van der Waals surface area contributed by atoms with Gasteiger partial charge in [0.2, 0.25) is 5.89 Å². The van der Waals surface area contributed by atoms with Crippen LogP contribution in [0.4, 0.5) is 0 Å². The zero-order valence-corrected chi connectivity index (χ0v) is 8.36. The molecular formula is C10H16N2O2. The van der Waals surface area contributed by atoms with Gasteiger partial charge in [0.1, 0.15) is 5.76 Å². The number of aliphatic hydroxyl groups is 1. The summed E-state index contributed by atoms with van der Waals surface area (Å²) in [6.45, 7) is 2.48. The summed E-state index contributed by atoms with van der Waals surface area (Å²) in [5.74, 6) is 1.52. The minimum absolute atomic E-state index is 0.203. The SMILES string of the molecule is Cc1cnc(CN[C@H]2CCC[C@@H]2O)o1. The Morgan fingerprint density at radius 3 is 3.07 bits per heavy atom. The lowest BCUT2D eigenvalue weighted by Crippen LogP contribution is -2.35. The molecule has 0 saturated heterocycles. The van der Waals surface area contributed by atoms with Gasteiger partial charge in [0.25, 0.3) is 0 Å². The number of nitrogens with one attached hydrogen (secondary N) is 1. The van der Waals surface area contributed by atoms with E-state index in [1.165, 1.54) is 0 Å². The molecule has 0 radical (unpaired) electrons. The lowest BCUT2D eigenvalue weighted by atomic mass is 10.2. The molecule has 0 bridgehead atoms. The Balaban J connectivity index is 1.82. The van der Waals surface area contributed by atoms with Crippen LogP contribution >= 0.6 is 0 Å². The summed E-state index contributed by atoms with van der Waals surface area (Å²) in [6, 6.07) is 0.210. The monoisotopic (exact) mass is 196 g/mol. The summed E-state index contributed by atoms with van der Waals surface area (Å²) < 4.78 is 5.32. The van der Waals surface area contributed by atoms with Crippen LogP contribution < -0.4 is 5.32 Å². The molecule has 1 aliphatic carbocycles. The Morgan fingerprint density at radius 1 is 1.64 bits per heavy atom. The second kappa shape index (κ2) is 4.11. The molecule has 1 saturated carbocycles. The van der Waals surface area contributed by atoms with E-state index in [1.54, 1.807) is 6.20 Å². The molecule has 78 valence electrons. The van der Waals surface area contributed by atoms with Gasteiger partial charge in [0, 0.05) is 6.04 Å². The summed E-state index contributed by atoms with van der Waals surface area (Å²) >= 11 is 0. The highest BCUT2D eigenvalue weighted by Crippen LogP contribution is 2.19. The molecule has 1 heterocycles. The van der Waals surface area contributed by atoms with Crippen LogP contribution in [0.5, 0.6) is 0 Å².